The molecule has 26 heavy (non-hydrogen) atoms. The molecule has 3 aromatic rings. The van der Waals surface area contributed by atoms with Gasteiger partial charge in [-0.05, 0) is 25.3 Å². The normalized spacial score (nSPS) is 16.0. The van der Waals surface area contributed by atoms with Crippen LogP contribution in [0.1, 0.15) is 41.5 Å². The Morgan fingerprint density at radius 2 is 1.73 bits per heavy atom. The Hall–Kier alpha value is -2.60. The van der Waals surface area contributed by atoms with Crippen molar-refractivity contribution in [1.82, 2.24) is 29.9 Å². The second-order valence-electron chi connectivity index (χ2n) is 7.00. The Bertz CT molecular complexity index is 819. The first kappa shape index (κ1) is 16.8. The zero-order chi connectivity index (χ0) is 17.8. The largest absolute Gasteiger partial charge is 0.299 e. The van der Waals surface area contributed by atoms with E-state index in [1.54, 1.807) is 0 Å². The predicted octanol–water partition coefficient (Wildman–Crippen LogP) is 2.80. The third-order valence-electron chi connectivity index (χ3n) is 4.96. The number of likely N-dealkylation sites (tertiary alicyclic amines) is 1. The molecule has 0 N–H and O–H groups in total. The van der Waals surface area contributed by atoms with E-state index >= 15 is 0 Å². The SMILES string of the molecule is Cc1ncc(CN2CCC(n3cc(Cc4ccccc4)nn3)CC2)cn1. The van der Waals surface area contributed by atoms with Gasteiger partial charge in [-0.3, -0.25) is 4.90 Å². The molecule has 6 heteroatoms. The van der Waals surface area contributed by atoms with Gasteiger partial charge < -0.3 is 0 Å². The van der Waals surface area contributed by atoms with Gasteiger partial charge in [0.1, 0.15) is 5.82 Å². The zero-order valence-corrected chi connectivity index (χ0v) is 15.1. The molecule has 0 amide bonds. The summed E-state index contributed by atoms with van der Waals surface area (Å²) < 4.78 is 2.06. The van der Waals surface area contributed by atoms with Gasteiger partial charge in [0.05, 0.1) is 11.7 Å². The van der Waals surface area contributed by atoms with Crippen molar-refractivity contribution in [1.29, 1.82) is 0 Å². The van der Waals surface area contributed by atoms with Crippen molar-refractivity contribution in [2.24, 2.45) is 0 Å². The quantitative estimate of drug-likeness (QED) is 0.709. The van der Waals surface area contributed by atoms with Crippen LogP contribution in [0.15, 0.2) is 48.9 Å². The van der Waals surface area contributed by atoms with Crippen LogP contribution in [0.4, 0.5) is 0 Å². The first-order chi connectivity index (χ1) is 12.8. The summed E-state index contributed by atoms with van der Waals surface area (Å²) in [4.78, 5) is 11.0. The number of rotatable bonds is 5. The van der Waals surface area contributed by atoms with Gasteiger partial charge in [-0.25, -0.2) is 14.6 Å². The molecule has 0 saturated carbocycles. The minimum atomic E-state index is 0.442. The number of hydrogen-bond donors (Lipinski definition) is 0. The maximum atomic E-state index is 4.38. The Kier molecular flexibility index (Phi) is 5.02. The van der Waals surface area contributed by atoms with Crippen LogP contribution in [0, 0.1) is 6.92 Å². The molecule has 0 bridgehead atoms. The fourth-order valence-corrected chi connectivity index (χ4v) is 3.48. The Morgan fingerprint density at radius 3 is 2.46 bits per heavy atom. The van der Waals surface area contributed by atoms with Gasteiger partial charge in [0.2, 0.25) is 0 Å². The van der Waals surface area contributed by atoms with E-state index in [0.29, 0.717) is 6.04 Å². The highest BCUT2D eigenvalue weighted by molar-refractivity contribution is 5.19. The van der Waals surface area contributed by atoms with E-state index in [4.69, 9.17) is 0 Å². The molecule has 134 valence electrons. The molecule has 0 spiro atoms. The van der Waals surface area contributed by atoms with Crippen LogP contribution in [0.3, 0.4) is 0 Å². The van der Waals surface area contributed by atoms with Crippen molar-refractivity contribution < 1.29 is 0 Å². The summed E-state index contributed by atoms with van der Waals surface area (Å²) in [6, 6.07) is 10.9. The molecular formula is C20H24N6. The highest BCUT2D eigenvalue weighted by Gasteiger charge is 2.21. The monoisotopic (exact) mass is 348 g/mol. The summed E-state index contributed by atoms with van der Waals surface area (Å²) >= 11 is 0. The number of aromatic nitrogens is 5. The lowest BCUT2D eigenvalue weighted by molar-refractivity contribution is 0.172. The molecule has 0 radical (unpaired) electrons. The average molecular weight is 348 g/mol. The summed E-state index contributed by atoms with van der Waals surface area (Å²) in [5, 5.41) is 8.75. The number of aryl methyl sites for hydroxylation is 1. The smallest absolute Gasteiger partial charge is 0.125 e. The van der Waals surface area contributed by atoms with E-state index < -0.39 is 0 Å². The van der Waals surface area contributed by atoms with Crippen molar-refractivity contribution in [3.8, 4) is 0 Å². The second-order valence-corrected chi connectivity index (χ2v) is 7.00. The first-order valence-electron chi connectivity index (χ1n) is 9.21. The molecule has 0 atom stereocenters. The highest BCUT2D eigenvalue weighted by Crippen LogP contribution is 2.23. The van der Waals surface area contributed by atoms with Gasteiger partial charge in [-0.1, -0.05) is 35.5 Å². The van der Waals surface area contributed by atoms with Gasteiger partial charge in [-0.2, -0.15) is 0 Å². The molecule has 6 nitrogen and oxygen atoms in total. The fourth-order valence-electron chi connectivity index (χ4n) is 3.48. The van der Waals surface area contributed by atoms with Crippen LogP contribution in [-0.4, -0.2) is 43.0 Å². The van der Waals surface area contributed by atoms with E-state index in [9.17, 15) is 0 Å². The van der Waals surface area contributed by atoms with E-state index in [-0.39, 0.29) is 0 Å². The third-order valence-corrected chi connectivity index (χ3v) is 4.96. The minimum absolute atomic E-state index is 0.442. The maximum absolute atomic E-state index is 4.38. The molecule has 1 aliphatic heterocycles. The van der Waals surface area contributed by atoms with Crippen molar-refractivity contribution in [3.05, 3.63) is 71.6 Å². The summed E-state index contributed by atoms with van der Waals surface area (Å²) in [6.45, 7) is 4.96. The zero-order valence-electron chi connectivity index (χ0n) is 15.1. The third kappa shape index (κ3) is 4.14. The summed E-state index contributed by atoms with van der Waals surface area (Å²) in [7, 11) is 0. The Balaban J connectivity index is 1.31. The van der Waals surface area contributed by atoms with Gasteiger partial charge >= 0.3 is 0 Å². The van der Waals surface area contributed by atoms with Crippen LogP contribution in [0.25, 0.3) is 0 Å². The van der Waals surface area contributed by atoms with Gasteiger partial charge in [0, 0.05) is 50.2 Å². The molecule has 4 rings (SSSR count). The standard InChI is InChI=1S/C20H24N6/c1-16-21-12-18(13-22-16)14-25-9-7-20(8-10-25)26-15-19(23-24-26)11-17-5-3-2-4-6-17/h2-6,12-13,15,20H,7-11,14H2,1H3. The van der Waals surface area contributed by atoms with Crippen molar-refractivity contribution in [2.75, 3.05) is 13.1 Å². The topological polar surface area (TPSA) is 59.7 Å². The summed E-state index contributed by atoms with van der Waals surface area (Å²) in [5.41, 5.74) is 3.49. The van der Waals surface area contributed by atoms with Gasteiger partial charge in [0.15, 0.2) is 0 Å². The van der Waals surface area contributed by atoms with Crippen LogP contribution in [0.2, 0.25) is 0 Å². The molecule has 2 aromatic heterocycles. The lowest BCUT2D eigenvalue weighted by atomic mass is 10.0. The van der Waals surface area contributed by atoms with Crippen LogP contribution in [0.5, 0.6) is 0 Å². The Labute approximate surface area is 153 Å². The fraction of sp³-hybridized carbons (Fsp3) is 0.400. The molecule has 0 aliphatic carbocycles. The molecule has 3 heterocycles. The molecule has 1 aromatic carbocycles. The number of nitrogens with zero attached hydrogens (tertiary/aromatic N) is 6. The van der Waals surface area contributed by atoms with Crippen molar-refractivity contribution in [3.63, 3.8) is 0 Å². The van der Waals surface area contributed by atoms with Crippen LogP contribution in [-0.2, 0) is 13.0 Å². The van der Waals surface area contributed by atoms with Gasteiger partial charge in [0.25, 0.3) is 0 Å². The summed E-state index contributed by atoms with van der Waals surface area (Å²) in [5.74, 6) is 0.824. The lowest BCUT2D eigenvalue weighted by Gasteiger charge is -2.31. The molecular weight excluding hydrogens is 324 g/mol. The molecule has 1 aliphatic rings. The number of piperidine rings is 1. The van der Waals surface area contributed by atoms with Crippen LogP contribution < -0.4 is 0 Å². The van der Waals surface area contributed by atoms with E-state index in [1.807, 2.05) is 25.4 Å². The van der Waals surface area contributed by atoms with E-state index in [0.717, 1.165) is 50.4 Å². The predicted molar refractivity (Wildman–Crippen MR) is 99.6 cm³/mol. The Morgan fingerprint density at radius 1 is 1.00 bits per heavy atom. The van der Waals surface area contributed by atoms with E-state index in [1.165, 1.54) is 11.1 Å². The average Bonchev–Trinajstić information content (AvgIpc) is 3.13. The minimum Gasteiger partial charge on any atom is -0.299 e. The molecule has 0 unspecified atom stereocenters. The van der Waals surface area contributed by atoms with Crippen molar-refractivity contribution >= 4 is 0 Å². The van der Waals surface area contributed by atoms with Crippen LogP contribution >= 0.6 is 0 Å². The maximum Gasteiger partial charge on any atom is 0.125 e. The summed E-state index contributed by atoms with van der Waals surface area (Å²) in [6.07, 6.45) is 9.01. The number of benzene rings is 1. The number of hydrogen-bond acceptors (Lipinski definition) is 5. The van der Waals surface area contributed by atoms with Crippen molar-refractivity contribution in [2.45, 2.75) is 38.8 Å². The molecule has 1 fully saturated rings. The van der Waals surface area contributed by atoms with E-state index in [2.05, 4.69) is 60.3 Å². The van der Waals surface area contributed by atoms with Gasteiger partial charge in [-0.15, -0.1) is 5.10 Å². The highest BCUT2D eigenvalue weighted by atomic mass is 15.4. The lowest BCUT2D eigenvalue weighted by Crippen LogP contribution is -2.34. The second kappa shape index (κ2) is 7.74. The first-order valence-corrected chi connectivity index (χ1v) is 9.21. The molecule has 1 saturated heterocycles.